The maximum atomic E-state index is 12.6. The van der Waals surface area contributed by atoms with Crippen molar-refractivity contribution < 1.29 is 13.2 Å². The normalized spacial score (nSPS) is 19.7. The number of sulfonamides is 1. The van der Waals surface area contributed by atoms with Gasteiger partial charge in [0, 0.05) is 29.1 Å². The maximum absolute atomic E-state index is 12.6. The topological polar surface area (TPSA) is 81.4 Å². The second kappa shape index (κ2) is 5.63. The van der Waals surface area contributed by atoms with E-state index < -0.39 is 10.0 Å². The molecule has 1 unspecified atom stereocenters. The highest BCUT2D eigenvalue weighted by Crippen LogP contribution is 2.28. The Morgan fingerprint density at radius 2 is 1.90 bits per heavy atom. The molecule has 0 radical (unpaired) electrons. The summed E-state index contributed by atoms with van der Waals surface area (Å²) in [4.78, 5) is 0.262. The van der Waals surface area contributed by atoms with Crippen LogP contribution in [0.3, 0.4) is 0 Å². The third-order valence-electron chi connectivity index (χ3n) is 3.69. The van der Waals surface area contributed by atoms with E-state index in [1.807, 2.05) is 18.2 Å². The van der Waals surface area contributed by atoms with Gasteiger partial charge in [0.1, 0.15) is 0 Å². The quantitative estimate of drug-likeness (QED) is 0.848. The zero-order chi connectivity index (χ0) is 14.9. The molecule has 2 aromatic carbocycles. The van der Waals surface area contributed by atoms with Crippen LogP contribution in [0.1, 0.15) is 12.8 Å². The van der Waals surface area contributed by atoms with E-state index in [4.69, 9.17) is 10.5 Å². The molecule has 21 heavy (non-hydrogen) atoms. The van der Waals surface area contributed by atoms with E-state index in [9.17, 15) is 8.42 Å². The number of hydrogen-bond donors (Lipinski definition) is 2. The highest BCUT2D eigenvalue weighted by atomic mass is 32.2. The van der Waals surface area contributed by atoms with Crippen molar-refractivity contribution in [2.45, 2.75) is 23.8 Å². The van der Waals surface area contributed by atoms with E-state index in [-0.39, 0.29) is 10.9 Å². The van der Waals surface area contributed by atoms with Gasteiger partial charge in [-0.2, -0.15) is 0 Å². The summed E-state index contributed by atoms with van der Waals surface area (Å²) < 4.78 is 33.3. The smallest absolute Gasteiger partial charge is 0.241 e. The van der Waals surface area contributed by atoms with Gasteiger partial charge in [0.2, 0.25) is 10.0 Å². The number of ether oxygens (including phenoxy) is 1. The first-order valence-corrected chi connectivity index (χ1v) is 8.43. The van der Waals surface area contributed by atoms with E-state index in [2.05, 4.69) is 4.72 Å². The summed E-state index contributed by atoms with van der Waals surface area (Å²) in [7, 11) is -3.59. The third kappa shape index (κ3) is 2.88. The molecule has 1 atom stereocenters. The predicted octanol–water partition coefficient (Wildman–Crippen LogP) is 1.88. The lowest BCUT2D eigenvalue weighted by Crippen LogP contribution is -2.40. The Balaban J connectivity index is 2.00. The van der Waals surface area contributed by atoms with Gasteiger partial charge in [-0.15, -0.1) is 0 Å². The first kappa shape index (κ1) is 14.3. The van der Waals surface area contributed by atoms with Gasteiger partial charge in [-0.1, -0.05) is 24.3 Å². The molecule has 0 saturated carbocycles. The van der Waals surface area contributed by atoms with E-state index in [1.165, 1.54) is 0 Å². The molecule has 6 heteroatoms. The molecule has 0 aromatic heterocycles. The Kier molecular flexibility index (Phi) is 3.84. The molecule has 1 aliphatic heterocycles. The molecular formula is C15H18N2O3S. The minimum atomic E-state index is -3.59. The molecule has 5 nitrogen and oxygen atoms in total. The van der Waals surface area contributed by atoms with Crippen molar-refractivity contribution in [2.75, 3.05) is 18.9 Å². The highest BCUT2D eigenvalue weighted by molar-refractivity contribution is 7.89. The average molecular weight is 306 g/mol. The van der Waals surface area contributed by atoms with Crippen LogP contribution in [0.15, 0.2) is 41.3 Å². The number of benzene rings is 2. The van der Waals surface area contributed by atoms with E-state index in [0.29, 0.717) is 24.3 Å². The summed E-state index contributed by atoms with van der Waals surface area (Å²) in [5.41, 5.74) is 6.49. The van der Waals surface area contributed by atoms with Crippen molar-refractivity contribution in [3.05, 3.63) is 36.4 Å². The standard InChI is InChI=1S/C15H18N2O3S/c16-14-7-8-15(13-6-2-1-5-12(13)14)21(18,19)17-11-4-3-9-20-10-11/h1-2,5-8,11,17H,3-4,9-10,16H2. The van der Waals surface area contributed by atoms with E-state index in [1.54, 1.807) is 18.2 Å². The van der Waals surface area contributed by atoms with Gasteiger partial charge in [-0.3, -0.25) is 0 Å². The fourth-order valence-electron chi connectivity index (χ4n) is 2.65. The molecule has 0 spiro atoms. The third-order valence-corrected chi connectivity index (χ3v) is 5.27. The summed E-state index contributed by atoms with van der Waals surface area (Å²) in [6.07, 6.45) is 1.67. The van der Waals surface area contributed by atoms with Crippen LogP contribution < -0.4 is 10.5 Å². The van der Waals surface area contributed by atoms with Gasteiger partial charge < -0.3 is 10.5 Å². The van der Waals surface area contributed by atoms with Gasteiger partial charge in [0.25, 0.3) is 0 Å². The molecule has 2 aromatic rings. The summed E-state index contributed by atoms with van der Waals surface area (Å²) >= 11 is 0. The average Bonchev–Trinajstić information content (AvgIpc) is 2.48. The molecule has 1 heterocycles. The first-order valence-electron chi connectivity index (χ1n) is 6.95. The number of rotatable bonds is 3. The number of nitrogens with one attached hydrogen (secondary N) is 1. The minimum absolute atomic E-state index is 0.167. The molecule has 112 valence electrons. The van der Waals surface area contributed by atoms with Crippen LogP contribution in [-0.4, -0.2) is 27.7 Å². The molecule has 3 rings (SSSR count). The van der Waals surface area contributed by atoms with Gasteiger partial charge >= 0.3 is 0 Å². The number of hydrogen-bond acceptors (Lipinski definition) is 4. The second-order valence-corrected chi connectivity index (χ2v) is 6.92. The lowest BCUT2D eigenvalue weighted by Gasteiger charge is -2.23. The van der Waals surface area contributed by atoms with Crippen LogP contribution in [-0.2, 0) is 14.8 Å². The summed E-state index contributed by atoms with van der Waals surface area (Å²) in [5, 5.41) is 1.39. The Morgan fingerprint density at radius 3 is 2.62 bits per heavy atom. The molecule has 1 aliphatic rings. The molecule has 1 fully saturated rings. The number of nitrogens with two attached hydrogens (primary N) is 1. The molecular weight excluding hydrogens is 288 g/mol. The van der Waals surface area contributed by atoms with Gasteiger partial charge in [-0.05, 0) is 25.0 Å². The monoisotopic (exact) mass is 306 g/mol. The number of nitrogen functional groups attached to an aromatic ring is 1. The summed E-state index contributed by atoms with van der Waals surface area (Å²) in [5.74, 6) is 0. The van der Waals surface area contributed by atoms with Gasteiger partial charge in [0.15, 0.2) is 0 Å². The summed E-state index contributed by atoms with van der Waals surface area (Å²) in [6.45, 7) is 1.12. The van der Waals surface area contributed by atoms with Crippen LogP contribution in [0.5, 0.6) is 0 Å². The molecule has 3 N–H and O–H groups in total. The van der Waals surface area contributed by atoms with Crippen molar-refractivity contribution in [3.8, 4) is 0 Å². The lowest BCUT2D eigenvalue weighted by atomic mass is 10.1. The number of anilines is 1. The Morgan fingerprint density at radius 1 is 1.14 bits per heavy atom. The van der Waals surface area contributed by atoms with Crippen molar-refractivity contribution in [3.63, 3.8) is 0 Å². The second-order valence-electron chi connectivity index (χ2n) is 5.23. The molecule has 1 saturated heterocycles. The van der Waals surface area contributed by atoms with Crippen LogP contribution >= 0.6 is 0 Å². The van der Waals surface area contributed by atoms with Crippen molar-refractivity contribution in [2.24, 2.45) is 0 Å². The SMILES string of the molecule is Nc1ccc(S(=O)(=O)NC2CCCOC2)c2ccccc12. The van der Waals surface area contributed by atoms with Crippen LogP contribution in [0.4, 0.5) is 5.69 Å². The zero-order valence-electron chi connectivity index (χ0n) is 11.6. The highest BCUT2D eigenvalue weighted by Gasteiger charge is 2.24. The molecule has 0 amide bonds. The predicted molar refractivity (Wildman–Crippen MR) is 82.5 cm³/mol. The summed E-state index contributed by atoms with van der Waals surface area (Å²) in [6, 6.07) is 10.3. The minimum Gasteiger partial charge on any atom is -0.398 e. The maximum Gasteiger partial charge on any atom is 0.241 e. The van der Waals surface area contributed by atoms with Crippen molar-refractivity contribution in [1.82, 2.24) is 4.72 Å². The van der Waals surface area contributed by atoms with Gasteiger partial charge in [-0.25, -0.2) is 13.1 Å². The zero-order valence-corrected chi connectivity index (χ0v) is 12.4. The van der Waals surface area contributed by atoms with Crippen LogP contribution in [0.2, 0.25) is 0 Å². The van der Waals surface area contributed by atoms with Crippen LogP contribution in [0, 0.1) is 0 Å². The first-order chi connectivity index (χ1) is 10.1. The van der Waals surface area contributed by atoms with E-state index in [0.717, 1.165) is 18.2 Å². The number of fused-ring (bicyclic) bond motifs is 1. The van der Waals surface area contributed by atoms with Crippen molar-refractivity contribution >= 4 is 26.5 Å². The van der Waals surface area contributed by atoms with Crippen LogP contribution in [0.25, 0.3) is 10.8 Å². The Hall–Kier alpha value is -1.63. The molecule has 0 bridgehead atoms. The fraction of sp³-hybridized carbons (Fsp3) is 0.333. The molecule has 0 aliphatic carbocycles. The van der Waals surface area contributed by atoms with Crippen molar-refractivity contribution in [1.29, 1.82) is 0 Å². The fourth-order valence-corrected chi connectivity index (χ4v) is 4.11. The Labute approximate surface area is 124 Å². The largest absolute Gasteiger partial charge is 0.398 e. The van der Waals surface area contributed by atoms with E-state index >= 15 is 0 Å². The van der Waals surface area contributed by atoms with Gasteiger partial charge in [0.05, 0.1) is 11.5 Å². The lowest BCUT2D eigenvalue weighted by molar-refractivity contribution is 0.0774. The Bertz CT molecular complexity index is 753.